The maximum Gasteiger partial charge on any atom is 0.0639 e. The zero-order chi connectivity index (χ0) is 14.5. The second-order valence-corrected chi connectivity index (χ2v) is 5.46. The highest BCUT2D eigenvalue weighted by Gasteiger charge is 2.17. The van der Waals surface area contributed by atoms with Crippen LogP contribution in [0, 0.1) is 0 Å². The SMILES string of the molecule is CC(N[C@@H](CO)c1ccccc1)c1cccc(Cl)c1Cl. The van der Waals surface area contributed by atoms with Crippen LogP contribution in [0.15, 0.2) is 48.5 Å². The summed E-state index contributed by atoms with van der Waals surface area (Å²) in [6.07, 6.45) is 0. The van der Waals surface area contributed by atoms with Gasteiger partial charge in [-0.05, 0) is 24.1 Å². The predicted molar refractivity (Wildman–Crippen MR) is 84.3 cm³/mol. The molecule has 0 aliphatic rings. The minimum Gasteiger partial charge on any atom is -0.394 e. The van der Waals surface area contributed by atoms with Gasteiger partial charge in [-0.15, -0.1) is 0 Å². The highest BCUT2D eigenvalue weighted by atomic mass is 35.5. The molecule has 0 saturated heterocycles. The summed E-state index contributed by atoms with van der Waals surface area (Å²) in [7, 11) is 0. The second-order valence-electron chi connectivity index (χ2n) is 4.68. The molecule has 0 spiro atoms. The van der Waals surface area contributed by atoms with Gasteiger partial charge in [0.25, 0.3) is 0 Å². The Hall–Kier alpha value is -1.06. The minimum absolute atomic E-state index is 0.0152. The van der Waals surface area contributed by atoms with Crippen LogP contribution in [-0.2, 0) is 0 Å². The number of benzene rings is 2. The fourth-order valence-corrected chi connectivity index (χ4v) is 2.66. The van der Waals surface area contributed by atoms with Crippen LogP contribution < -0.4 is 5.32 Å². The van der Waals surface area contributed by atoms with Crippen molar-refractivity contribution in [3.8, 4) is 0 Å². The molecule has 2 aromatic carbocycles. The first-order valence-electron chi connectivity index (χ1n) is 6.49. The molecule has 0 aliphatic heterocycles. The van der Waals surface area contributed by atoms with E-state index in [0.717, 1.165) is 11.1 Å². The lowest BCUT2D eigenvalue weighted by atomic mass is 10.0. The van der Waals surface area contributed by atoms with Gasteiger partial charge in [0.05, 0.1) is 22.7 Å². The smallest absolute Gasteiger partial charge is 0.0639 e. The topological polar surface area (TPSA) is 32.3 Å². The number of hydrogen-bond acceptors (Lipinski definition) is 2. The van der Waals surface area contributed by atoms with Crippen molar-refractivity contribution in [3.05, 3.63) is 69.7 Å². The molecule has 0 fully saturated rings. The molecule has 2 rings (SSSR count). The number of rotatable bonds is 5. The number of nitrogens with one attached hydrogen (secondary N) is 1. The standard InChI is InChI=1S/C16H17Cl2NO/c1-11(13-8-5-9-14(17)16(13)18)19-15(10-20)12-6-3-2-4-7-12/h2-9,11,15,19-20H,10H2,1H3/t11?,15-/m0/s1. The van der Waals surface area contributed by atoms with E-state index in [1.54, 1.807) is 6.07 Å². The van der Waals surface area contributed by atoms with Crippen molar-refractivity contribution >= 4 is 23.2 Å². The molecule has 0 radical (unpaired) electrons. The molecule has 1 unspecified atom stereocenters. The average molecular weight is 310 g/mol. The van der Waals surface area contributed by atoms with Crippen LogP contribution in [0.25, 0.3) is 0 Å². The highest BCUT2D eigenvalue weighted by Crippen LogP contribution is 2.30. The second kappa shape index (κ2) is 7.09. The minimum atomic E-state index is -0.138. The summed E-state index contributed by atoms with van der Waals surface area (Å²) in [5, 5.41) is 14.0. The molecular formula is C16H17Cl2NO. The quantitative estimate of drug-likeness (QED) is 0.859. The Morgan fingerprint density at radius 1 is 1.05 bits per heavy atom. The van der Waals surface area contributed by atoms with Crippen molar-refractivity contribution in [1.82, 2.24) is 5.32 Å². The summed E-state index contributed by atoms with van der Waals surface area (Å²) in [6, 6.07) is 15.3. The molecule has 0 aromatic heterocycles. The van der Waals surface area contributed by atoms with E-state index in [1.165, 1.54) is 0 Å². The molecular weight excluding hydrogens is 293 g/mol. The van der Waals surface area contributed by atoms with E-state index < -0.39 is 0 Å². The van der Waals surface area contributed by atoms with Gasteiger partial charge >= 0.3 is 0 Å². The van der Waals surface area contributed by atoms with Crippen molar-refractivity contribution in [2.75, 3.05) is 6.61 Å². The van der Waals surface area contributed by atoms with E-state index in [0.29, 0.717) is 10.0 Å². The third-order valence-corrected chi connectivity index (χ3v) is 4.12. The highest BCUT2D eigenvalue weighted by molar-refractivity contribution is 6.42. The van der Waals surface area contributed by atoms with Gasteiger partial charge in [-0.25, -0.2) is 0 Å². The summed E-state index contributed by atoms with van der Waals surface area (Å²) < 4.78 is 0. The van der Waals surface area contributed by atoms with Gasteiger partial charge in [0.15, 0.2) is 0 Å². The van der Waals surface area contributed by atoms with Crippen LogP contribution in [-0.4, -0.2) is 11.7 Å². The first kappa shape index (κ1) is 15.3. The molecule has 0 aliphatic carbocycles. The third kappa shape index (κ3) is 3.53. The van der Waals surface area contributed by atoms with Crippen LogP contribution in [0.4, 0.5) is 0 Å². The van der Waals surface area contributed by atoms with Crippen molar-refractivity contribution in [3.63, 3.8) is 0 Å². The summed E-state index contributed by atoms with van der Waals surface area (Å²) in [6.45, 7) is 2.02. The van der Waals surface area contributed by atoms with Crippen LogP contribution in [0.3, 0.4) is 0 Å². The van der Waals surface area contributed by atoms with E-state index in [1.807, 2.05) is 49.4 Å². The lowest BCUT2D eigenvalue weighted by Gasteiger charge is -2.23. The molecule has 0 heterocycles. The Labute approximate surface area is 129 Å². The molecule has 20 heavy (non-hydrogen) atoms. The molecule has 2 N–H and O–H groups in total. The lowest BCUT2D eigenvalue weighted by Crippen LogP contribution is -2.27. The fourth-order valence-electron chi connectivity index (χ4n) is 2.19. The van der Waals surface area contributed by atoms with E-state index in [-0.39, 0.29) is 18.7 Å². The van der Waals surface area contributed by atoms with Crippen LogP contribution >= 0.6 is 23.2 Å². The normalized spacial score (nSPS) is 14.0. The van der Waals surface area contributed by atoms with Gasteiger partial charge < -0.3 is 10.4 Å². The van der Waals surface area contributed by atoms with E-state index in [9.17, 15) is 5.11 Å². The first-order valence-corrected chi connectivity index (χ1v) is 7.25. The monoisotopic (exact) mass is 309 g/mol. The number of aliphatic hydroxyl groups is 1. The molecule has 4 heteroatoms. The molecule has 106 valence electrons. The Kier molecular flexibility index (Phi) is 5.44. The van der Waals surface area contributed by atoms with Gasteiger partial charge in [-0.2, -0.15) is 0 Å². The number of halogens is 2. The third-order valence-electron chi connectivity index (χ3n) is 3.28. The molecule has 0 amide bonds. The van der Waals surface area contributed by atoms with Crippen molar-refractivity contribution < 1.29 is 5.11 Å². The number of hydrogen-bond donors (Lipinski definition) is 2. The zero-order valence-electron chi connectivity index (χ0n) is 11.2. The largest absolute Gasteiger partial charge is 0.394 e. The lowest BCUT2D eigenvalue weighted by molar-refractivity contribution is 0.235. The summed E-state index contributed by atoms with van der Waals surface area (Å²) >= 11 is 12.3. The average Bonchev–Trinajstić information content (AvgIpc) is 2.48. The summed E-state index contributed by atoms with van der Waals surface area (Å²) in [5.74, 6) is 0. The zero-order valence-corrected chi connectivity index (χ0v) is 12.7. The van der Waals surface area contributed by atoms with Gasteiger partial charge in [0, 0.05) is 6.04 Å². The molecule has 0 saturated carbocycles. The van der Waals surface area contributed by atoms with Crippen molar-refractivity contribution in [2.24, 2.45) is 0 Å². The van der Waals surface area contributed by atoms with Crippen LogP contribution in [0.5, 0.6) is 0 Å². The van der Waals surface area contributed by atoms with Gasteiger partial charge in [-0.1, -0.05) is 65.7 Å². The molecule has 2 atom stereocenters. The summed E-state index contributed by atoms with van der Waals surface area (Å²) in [5.41, 5.74) is 1.97. The van der Waals surface area contributed by atoms with Crippen LogP contribution in [0.2, 0.25) is 10.0 Å². The van der Waals surface area contributed by atoms with Gasteiger partial charge in [-0.3, -0.25) is 0 Å². The maximum absolute atomic E-state index is 9.58. The first-order chi connectivity index (χ1) is 9.63. The van der Waals surface area contributed by atoms with Gasteiger partial charge in [0.2, 0.25) is 0 Å². The Morgan fingerprint density at radius 2 is 1.75 bits per heavy atom. The van der Waals surface area contributed by atoms with E-state index in [4.69, 9.17) is 23.2 Å². The van der Waals surface area contributed by atoms with Gasteiger partial charge in [0.1, 0.15) is 0 Å². The van der Waals surface area contributed by atoms with E-state index >= 15 is 0 Å². The molecule has 0 bridgehead atoms. The Balaban J connectivity index is 2.17. The van der Waals surface area contributed by atoms with E-state index in [2.05, 4.69) is 5.32 Å². The molecule has 2 aromatic rings. The number of aliphatic hydroxyl groups excluding tert-OH is 1. The maximum atomic E-state index is 9.58. The fraction of sp³-hybridized carbons (Fsp3) is 0.250. The summed E-state index contributed by atoms with van der Waals surface area (Å²) in [4.78, 5) is 0. The van der Waals surface area contributed by atoms with Crippen LogP contribution in [0.1, 0.15) is 30.1 Å². The van der Waals surface area contributed by atoms with Crippen molar-refractivity contribution in [1.29, 1.82) is 0 Å². The predicted octanol–water partition coefficient (Wildman–Crippen LogP) is 4.38. The Bertz CT molecular complexity index is 560. The Morgan fingerprint density at radius 3 is 2.40 bits per heavy atom. The van der Waals surface area contributed by atoms with Crippen molar-refractivity contribution in [2.45, 2.75) is 19.0 Å². The molecule has 2 nitrogen and oxygen atoms in total.